The molecule has 2 aromatic carbocycles. The van der Waals surface area contributed by atoms with Gasteiger partial charge in [0, 0.05) is 12.5 Å². The Morgan fingerprint density at radius 1 is 0.950 bits per heavy atom. The standard InChI is InChI=1S/C15H12O5/c16-11-5-6-12(14(18)8-11)13(17)7-9-1-3-10(4-2-9)15(19)20/h1-6,8,16,18H,7H2,(H,19,20). The van der Waals surface area contributed by atoms with Crippen molar-refractivity contribution in [3.05, 3.63) is 59.2 Å². The molecular weight excluding hydrogens is 260 g/mol. The summed E-state index contributed by atoms with van der Waals surface area (Å²) in [5.41, 5.74) is 0.909. The number of phenols is 2. The van der Waals surface area contributed by atoms with Crippen LogP contribution in [0.25, 0.3) is 0 Å². The van der Waals surface area contributed by atoms with E-state index in [2.05, 4.69) is 0 Å². The number of aromatic carboxylic acids is 1. The number of Topliss-reactive ketones (excluding diaryl/α,β-unsaturated/α-hetero) is 1. The van der Waals surface area contributed by atoms with Crippen LogP contribution < -0.4 is 0 Å². The van der Waals surface area contributed by atoms with Gasteiger partial charge in [0.15, 0.2) is 5.78 Å². The second-order valence-electron chi connectivity index (χ2n) is 4.30. The first-order valence-electron chi connectivity index (χ1n) is 5.85. The minimum absolute atomic E-state index is 0.0399. The van der Waals surface area contributed by atoms with Crippen LogP contribution in [0.3, 0.4) is 0 Å². The van der Waals surface area contributed by atoms with E-state index in [4.69, 9.17) is 10.2 Å². The lowest BCUT2D eigenvalue weighted by atomic mass is 10.0. The lowest BCUT2D eigenvalue weighted by molar-refractivity contribution is 0.0696. The summed E-state index contributed by atoms with van der Waals surface area (Å²) >= 11 is 0. The van der Waals surface area contributed by atoms with Crippen molar-refractivity contribution in [2.24, 2.45) is 0 Å². The van der Waals surface area contributed by atoms with Crippen molar-refractivity contribution < 1.29 is 24.9 Å². The molecule has 0 aliphatic carbocycles. The Kier molecular flexibility index (Phi) is 3.70. The molecule has 20 heavy (non-hydrogen) atoms. The maximum atomic E-state index is 12.0. The fraction of sp³-hybridized carbons (Fsp3) is 0.0667. The highest BCUT2D eigenvalue weighted by Gasteiger charge is 2.12. The van der Waals surface area contributed by atoms with Crippen molar-refractivity contribution in [3.63, 3.8) is 0 Å². The third-order valence-corrected chi connectivity index (χ3v) is 2.85. The number of carboxylic acid groups (broad SMARTS) is 1. The number of aromatic hydroxyl groups is 2. The van der Waals surface area contributed by atoms with Crippen LogP contribution in [0.5, 0.6) is 11.5 Å². The molecule has 0 aliphatic heterocycles. The molecule has 0 aromatic heterocycles. The molecular formula is C15H12O5. The number of carboxylic acids is 1. The van der Waals surface area contributed by atoms with Gasteiger partial charge in [-0.1, -0.05) is 12.1 Å². The SMILES string of the molecule is O=C(O)c1ccc(CC(=O)c2ccc(O)cc2O)cc1. The number of carbonyl (C=O) groups is 2. The van der Waals surface area contributed by atoms with Gasteiger partial charge in [0.25, 0.3) is 0 Å². The minimum atomic E-state index is -1.03. The molecule has 0 amide bonds. The van der Waals surface area contributed by atoms with Crippen molar-refractivity contribution in [3.8, 4) is 11.5 Å². The third kappa shape index (κ3) is 2.95. The van der Waals surface area contributed by atoms with E-state index in [1.807, 2.05) is 0 Å². The van der Waals surface area contributed by atoms with E-state index in [-0.39, 0.29) is 34.8 Å². The summed E-state index contributed by atoms with van der Waals surface area (Å²) in [6.07, 6.45) is 0.0399. The minimum Gasteiger partial charge on any atom is -0.508 e. The predicted octanol–water partition coefficient (Wildman–Crippen LogP) is 2.22. The Bertz CT molecular complexity index is 658. The average Bonchev–Trinajstić information content (AvgIpc) is 2.39. The number of benzene rings is 2. The molecule has 0 spiro atoms. The first-order chi connectivity index (χ1) is 9.47. The second-order valence-corrected chi connectivity index (χ2v) is 4.30. The molecule has 0 aliphatic rings. The highest BCUT2D eigenvalue weighted by molar-refractivity contribution is 6.00. The molecule has 0 atom stereocenters. The number of hydrogen-bond donors (Lipinski definition) is 3. The summed E-state index contributed by atoms with van der Waals surface area (Å²) in [5, 5.41) is 27.5. The Labute approximate surface area is 114 Å². The topological polar surface area (TPSA) is 94.8 Å². The monoisotopic (exact) mass is 272 g/mol. The molecule has 0 unspecified atom stereocenters. The molecule has 0 bridgehead atoms. The summed E-state index contributed by atoms with van der Waals surface area (Å²) in [7, 11) is 0. The van der Waals surface area contributed by atoms with Gasteiger partial charge in [-0.05, 0) is 29.8 Å². The number of carbonyl (C=O) groups excluding carboxylic acids is 1. The zero-order valence-electron chi connectivity index (χ0n) is 10.4. The largest absolute Gasteiger partial charge is 0.508 e. The van der Waals surface area contributed by atoms with Gasteiger partial charge >= 0.3 is 5.97 Å². The first-order valence-corrected chi connectivity index (χ1v) is 5.85. The summed E-state index contributed by atoms with van der Waals surface area (Å²) < 4.78 is 0. The van der Waals surface area contributed by atoms with Crippen LogP contribution in [0.2, 0.25) is 0 Å². The summed E-state index contributed by atoms with van der Waals surface area (Å²) in [4.78, 5) is 22.7. The highest BCUT2D eigenvalue weighted by Crippen LogP contribution is 2.24. The molecule has 0 fully saturated rings. The Morgan fingerprint density at radius 3 is 2.15 bits per heavy atom. The van der Waals surface area contributed by atoms with Crippen LogP contribution in [0, 0.1) is 0 Å². The van der Waals surface area contributed by atoms with E-state index in [0.29, 0.717) is 5.56 Å². The fourth-order valence-electron chi connectivity index (χ4n) is 1.80. The number of rotatable bonds is 4. The maximum absolute atomic E-state index is 12.0. The lowest BCUT2D eigenvalue weighted by Crippen LogP contribution is -2.04. The van der Waals surface area contributed by atoms with Crippen LogP contribution in [0.15, 0.2) is 42.5 Å². The summed E-state index contributed by atoms with van der Waals surface area (Å²) in [6, 6.07) is 9.71. The molecule has 0 radical (unpaired) electrons. The van der Waals surface area contributed by atoms with Gasteiger partial charge in [-0.25, -0.2) is 4.79 Å². The van der Waals surface area contributed by atoms with Crippen LogP contribution in [0.4, 0.5) is 0 Å². The third-order valence-electron chi connectivity index (χ3n) is 2.85. The first kappa shape index (κ1) is 13.6. The predicted molar refractivity (Wildman–Crippen MR) is 71.2 cm³/mol. The summed E-state index contributed by atoms with van der Waals surface area (Å²) in [5.74, 6) is -1.74. The Hall–Kier alpha value is -2.82. The Morgan fingerprint density at radius 2 is 1.60 bits per heavy atom. The van der Waals surface area contributed by atoms with Gasteiger partial charge in [-0.2, -0.15) is 0 Å². The molecule has 3 N–H and O–H groups in total. The quantitative estimate of drug-likeness (QED) is 0.742. The van der Waals surface area contributed by atoms with E-state index >= 15 is 0 Å². The highest BCUT2D eigenvalue weighted by atomic mass is 16.4. The number of phenolic OH excluding ortho intramolecular Hbond substituents is 2. The molecule has 0 saturated heterocycles. The molecule has 0 heterocycles. The second kappa shape index (κ2) is 5.44. The van der Waals surface area contributed by atoms with E-state index < -0.39 is 5.97 Å². The summed E-state index contributed by atoms with van der Waals surface area (Å²) in [6.45, 7) is 0. The van der Waals surface area contributed by atoms with E-state index in [1.54, 1.807) is 12.1 Å². The Balaban J connectivity index is 2.17. The van der Waals surface area contributed by atoms with Crippen LogP contribution >= 0.6 is 0 Å². The zero-order chi connectivity index (χ0) is 14.7. The van der Waals surface area contributed by atoms with Gasteiger partial charge in [0.1, 0.15) is 11.5 Å². The van der Waals surface area contributed by atoms with Crippen LogP contribution in [-0.4, -0.2) is 27.1 Å². The van der Waals surface area contributed by atoms with Crippen molar-refractivity contribution in [2.45, 2.75) is 6.42 Å². The van der Waals surface area contributed by atoms with Crippen molar-refractivity contribution in [2.75, 3.05) is 0 Å². The maximum Gasteiger partial charge on any atom is 0.335 e. The number of hydrogen-bond acceptors (Lipinski definition) is 4. The van der Waals surface area contributed by atoms with Crippen molar-refractivity contribution >= 4 is 11.8 Å². The molecule has 2 aromatic rings. The molecule has 2 rings (SSSR count). The normalized spacial score (nSPS) is 10.2. The van der Waals surface area contributed by atoms with Crippen LogP contribution in [-0.2, 0) is 6.42 Å². The van der Waals surface area contributed by atoms with Gasteiger partial charge in [0.2, 0.25) is 0 Å². The smallest absolute Gasteiger partial charge is 0.335 e. The van der Waals surface area contributed by atoms with E-state index in [9.17, 15) is 14.7 Å². The van der Waals surface area contributed by atoms with Crippen molar-refractivity contribution in [1.82, 2.24) is 0 Å². The fourth-order valence-corrected chi connectivity index (χ4v) is 1.80. The molecule has 102 valence electrons. The lowest BCUT2D eigenvalue weighted by Gasteiger charge is -2.05. The molecule has 5 nitrogen and oxygen atoms in total. The number of ketones is 1. The van der Waals surface area contributed by atoms with E-state index in [1.165, 1.54) is 24.3 Å². The van der Waals surface area contributed by atoms with Gasteiger partial charge in [0.05, 0.1) is 11.1 Å². The average molecular weight is 272 g/mol. The van der Waals surface area contributed by atoms with Crippen molar-refractivity contribution in [1.29, 1.82) is 0 Å². The van der Waals surface area contributed by atoms with Gasteiger partial charge < -0.3 is 15.3 Å². The molecule has 5 heteroatoms. The zero-order valence-corrected chi connectivity index (χ0v) is 10.4. The van der Waals surface area contributed by atoms with E-state index in [0.717, 1.165) is 6.07 Å². The van der Waals surface area contributed by atoms with Gasteiger partial charge in [-0.3, -0.25) is 4.79 Å². The molecule has 0 saturated carbocycles. The van der Waals surface area contributed by atoms with Crippen LogP contribution in [0.1, 0.15) is 26.3 Å². The van der Waals surface area contributed by atoms with Gasteiger partial charge in [-0.15, -0.1) is 0 Å².